The van der Waals surface area contributed by atoms with Crippen LogP contribution in [0.25, 0.3) is 10.9 Å². The summed E-state index contributed by atoms with van der Waals surface area (Å²) < 4.78 is 16.3. The van der Waals surface area contributed by atoms with Crippen LogP contribution >= 0.6 is 11.6 Å². The Kier molecular flexibility index (Phi) is 6.39. The van der Waals surface area contributed by atoms with E-state index in [-0.39, 0.29) is 18.2 Å². The fourth-order valence-electron chi connectivity index (χ4n) is 4.06. The molecule has 6 nitrogen and oxygen atoms in total. The van der Waals surface area contributed by atoms with E-state index in [0.717, 1.165) is 34.3 Å². The molecule has 1 atom stereocenters. The van der Waals surface area contributed by atoms with Gasteiger partial charge >= 0.3 is 6.09 Å². The molecular weight excluding hydrogens is 416 g/mol. The van der Waals surface area contributed by atoms with Crippen LogP contribution in [0.15, 0.2) is 42.5 Å². The van der Waals surface area contributed by atoms with E-state index < -0.39 is 0 Å². The zero-order chi connectivity index (χ0) is 22.0. The standard InChI is InChI=1S/C24H27ClN2O4/c1-15(2)31-24(28)27-11-10-19-20-14-17(25)6-9-21(20)26-22(19)23(27)16-4-7-18(8-5-16)30-13-12-29-3/h4-9,14-15,23,26H,10-13H2,1-3H3. The van der Waals surface area contributed by atoms with E-state index in [2.05, 4.69) is 4.98 Å². The number of aromatic amines is 1. The fourth-order valence-corrected chi connectivity index (χ4v) is 4.23. The van der Waals surface area contributed by atoms with Crippen LogP contribution in [0.4, 0.5) is 4.79 Å². The smallest absolute Gasteiger partial charge is 0.410 e. The molecule has 1 aliphatic heterocycles. The van der Waals surface area contributed by atoms with Gasteiger partial charge in [0.1, 0.15) is 18.4 Å². The van der Waals surface area contributed by atoms with Crippen molar-refractivity contribution in [3.05, 3.63) is 64.3 Å². The van der Waals surface area contributed by atoms with Crippen LogP contribution in [-0.2, 0) is 15.9 Å². The molecule has 0 aliphatic carbocycles. The highest BCUT2D eigenvalue weighted by Crippen LogP contribution is 2.39. The summed E-state index contributed by atoms with van der Waals surface area (Å²) >= 11 is 6.26. The third-order valence-electron chi connectivity index (χ3n) is 5.41. The molecule has 0 bridgehead atoms. The molecule has 0 spiro atoms. The zero-order valence-corrected chi connectivity index (χ0v) is 18.7. The number of fused-ring (bicyclic) bond motifs is 3. The molecule has 0 saturated heterocycles. The Labute approximate surface area is 187 Å². The molecule has 31 heavy (non-hydrogen) atoms. The van der Waals surface area contributed by atoms with Gasteiger partial charge in [-0.1, -0.05) is 23.7 Å². The summed E-state index contributed by atoms with van der Waals surface area (Å²) in [6, 6.07) is 13.4. The Morgan fingerprint density at radius 1 is 1.19 bits per heavy atom. The van der Waals surface area contributed by atoms with Crippen molar-refractivity contribution in [1.82, 2.24) is 9.88 Å². The molecule has 0 fully saturated rings. The van der Waals surface area contributed by atoms with Gasteiger partial charge in [-0.25, -0.2) is 4.79 Å². The minimum absolute atomic E-state index is 0.187. The van der Waals surface area contributed by atoms with E-state index in [0.29, 0.717) is 24.8 Å². The predicted molar refractivity (Wildman–Crippen MR) is 121 cm³/mol. The summed E-state index contributed by atoms with van der Waals surface area (Å²) in [5.74, 6) is 0.761. The summed E-state index contributed by atoms with van der Waals surface area (Å²) in [5.41, 5.74) is 4.19. The second-order valence-electron chi connectivity index (χ2n) is 7.90. The van der Waals surface area contributed by atoms with Crippen molar-refractivity contribution in [2.75, 3.05) is 26.9 Å². The van der Waals surface area contributed by atoms with E-state index in [9.17, 15) is 4.79 Å². The number of carbonyl (C=O) groups excluding carboxylic acids is 1. The van der Waals surface area contributed by atoms with Crippen LogP contribution in [0.5, 0.6) is 5.75 Å². The molecule has 1 aliphatic rings. The lowest BCUT2D eigenvalue weighted by Gasteiger charge is -2.36. The van der Waals surface area contributed by atoms with Crippen LogP contribution in [-0.4, -0.2) is 48.9 Å². The molecule has 7 heteroatoms. The Hall–Kier alpha value is -2.70. The van der Waals surface area contributed by atoms with Crippen molar-refractivity contribution in [3.8, 4) is 5.75 Å². The number of nitrogens with one attached hydrogen (secondary N) is 1. The minimum Gasteiger partial charge on any atom is -0.491 e. The molecule has 3 aromatic rings. The van der Waals surface area contributed by atoms with Crippen LogP contribution in [0, 0.1) is 0 Å². The lowest BCUT2D eigenvalue weighted by molar-refractivity contribution is 0.0655. The minimum atomic E-state index is -0.317. The van der Waals surface area contributed by atoms with Crippen LogP contribution in [0.1, 0.15) is 36.7 Å². The van der Waals surface area contributed by atoms with Gasteiger partial charge in [0.25, 0.3) is 0 Å². The normalized spacial score (nSPS) is 15.9. The van der Waals surface area contributed by atoms with Gasteiger partial charge in [0, 0.05) is 35.3 Å². The second-order valence-corrected chi connectivity index (χ2v) is 8.33. The number of carbonyl (C=O) groups is 1. The van der Waals surface area contributed by atoms with Gasteiger partial charge in [0.2, 0.25) is 0 Å². The Morgan fingerprint density at radius 2 is 1.97 bits per heavy atom. The number of nitrogens with zero attached hydrogens (tertiary/aromatic N) is 1. The lowest BCUT2D eigenvalue weighted by atomic mass is 9.92. The molecule has 1 aromatic heterocycles. The zero-order valence-electron chi connectivity index (χ0n) is 18.0. The summed E-state index contributed by atoms with van der Waals surface area (Å²) in [4.78, 5) is 18.3. The van der Waals surface area contributed by atoms with Gasteiger partial charge in [-0.05, 0) is 61.7 Å². The number of hydrogen-bond donors (Lipinski definition) is 1. The van der Waals surface area contributed by atoms with Crippen LogP contribution in [0.3, 0.4) is 0 Å². The van der Waals surface area contributed by atoms with Crippen molar-refractivity contribution in [1.29, 1.82) is 0 Å². The highest BCUT2D eigenvalue weighted by Gasteiger charge is 2.35. The molecular formula is C24H27ClN2O4. The van der Waals surface area contributed by atoms with E-state index in [1.807, 2.05) is 56.3 Å². The highest BCUT2D eigenvalue weighted by atomic mass is 35.5. The quantitative estimate of drug-likeness (QED) is 0.523. The van der Waals surface area contributed by atoms with Gasteiger partial charge < -0.3 is 19.2 Å². The van der Waals surface area contributed by atoms with Crippen molar-refractivity contribution >= 4 is 28.6 Å². The topological polar surface area (TPSA) is 63.8 Å². The van der Waals surface area contributed by atoms with Crippen molar-refractivity contribution in [3.63, 3.8) is 0 Å². The van der Waals surface area contributed by atoms with Gasteiger partial charge in [0.05, 0.1) is 12.7 Å². The highest BCUT2D eigenvalue weighted by molar-refractivity contribution is 6.31. The first-order valence-electron chi connectivity index (χ1n) is 10.5. The number of H-pyrrole nitrogens is 1. The third kappa shape index (κ3) is 4.50. The number of halogens is 1. The largest absolute Gasteiger partial charge is 0.491 e. The first kappa shape index (κ1) is 21.5. The van der Waals surface area contributed by atoms with E-state index in [1.165, 1.54) is 5.56 Å². The fraction of sp³-hybridized carbons (Fsp3) is 0.375. The number of benzene rings is 2. The summed E-state index contributed by atoms with van der Waals surface area (Å²) in [6.45, 7) is 5.30. The monoisotopic (exact) mass is 442 g/mol. The maximum absolute atomic E-state index is 12.9. The summed E-state index contributed by atoms with van der Waals surface area (Å²) in [5, 5.41) is 1.80. The van der Waals surface area contributed by atoms with Crippen LogP contribution < -0.4 is 4.74 Å². The Bertz CT molecular complexity index is 1060. The van der Waals surface area contributed by atoms with Gasteiger partial charge in [-0.3, -0.25) is 4.90 Å². The maximum Gasteiger partial charge on any atom is 0.410 e. The molecule has 0 saturated carbocycles. The van der Waals surface area contributed by atoms with Crippen molar-refractivity contribution in [2.45, 2.75) is 32.4 Å². The molecule has 1 amide bonds. The van der Waals surface area contributed by atoms with E-state index in [4.69, 9.17) is 25.8 Å². The Balaban J connectivity index is 1.73. The molecule has 2 heterocycles. The predicted octanol–water partition coefficient (Wildman–Crippen LogP) is 5.34. The van der Waals surface area contributed by atoms with Gasteiger partial charge in [0.15, 0.2) is 0 Å². The second kappa shape index (κ2) is 9.20. The van der Waals surface area contributed by atoms with Gasteiger partial charge in [-0.15, -0.1) is 0 Å². The average Bonchev–Trinajstić information content (AvgIpc) is 3.11. The Morgan fingerprint density at radius 3 is 2.68 bits per heavy atom. The summed E-state index contributed by atoms with van der Waals surface area (Å²) in [6.07, 6.45) is 0.229. The molecule has 2 aromatic carbocycles. The average molecular weight is 443 g/mol. The van der Waals surface area contributed by atoms with Crippen molar-refractivity contribution in [2.24, 2.45) is 0 Å². The number of aromatic nitrogens is 1. The number of methoxy groups -OCH3 is 1. The lowest BCUT2D eigenvalue weighted by Crippen LogP contribution is -2.41. The van der Waals surface area contributed by atoms with Gasteiger partial charge in [-0.2, -0.15) is 0 Å². The van der Waals surface area contributed by atoms with Crippen LogP contribution in [0.2, 0.25) is 5.02 Å². The SMILES string of the molecule is COCCOc1ccc(C2c3[nH]c4ccc(Cl)cc4c3CCN2C(=O)OC(C)C)cc1. The first-order chi connectivity index (χ1) is 15.0. The summed E-state index contributed by atoms with van der Waals surface area (Å²) in [7, 11) is 1.64. The number of ether oxygens (including phenoxy) is 3. The molecule has 1 unspecified atom stereocenters. The third-order valence-corrected chi connectivity index (χ3v) is 5.65. The number of hydrogen-bond acceptors (Lipinski definition) is 4. The number of amides is 1. The van der Waals surface area contributed by atoms with Crippen molar-refractivity contribution < 1.29 is 19.0 Å². The molecule has 4 rings (SSSR count). The first-order valence-corrected chi connectivity index (χ1v) is 10.8. The molecule has 164 valence electrons. The number of rotatable bonds is 6. The molecule has 0 radical (unpaired) electrons. The maximum atomic E-state index is 12.9. The van der Waals surface area contributed by atoms with E-state index in [1.54, 1.807) is 12.0 Å². The van der Waals surface area contributed by atoms with E-state index >= 15 is 0 Å². The molecule has 1 N–H and O–H groups in total.